The van der Waals surface area contributed by atoms with Crippen molar-refractivity contribution in [3.63, 3.8) is 0 Å². The van der Waals surface area contributed by atoms with E-state index in [4.69, 9.17) is 0 Å². The lowest BCUT2D eigenvalue weighted by atomic mass is 10.3. The summed E-state index contributed by atoms with van der Waals surface area (Å²) in [6.07, 6.45) is -1.15. The molecule has 0 unspecified atom stereocenters. The molecule has 0 aliphatic heterocycles. The molecule has 0 amide bonds. The van der Waals surface area contributed by atoms with E-state index >= 15 is 0 Å². The van der Waals surface area contributed by atoms with Crippen molar-refractivity contribution in [2.24, 2.45) is 4.99 Å². The first-order valence-electron chi connectivity index (χ1n) is 2.86. The van der Waals surface area contributed by atoms with Gasteiger partial charge < -0.3 is 0 Å². The van der Waals surface area contributed by atoms with Crippen LogP contribution in [0.15, 0.2) is 29.4 Å². The molecule has 0 aromatic rings. The Kier molecular flexibility index (Phi) is 3.57. The molecule has 0 aromatic heterocycles. The van der Waals surface area contributed by atoms with E-state index in [1.807, 2.05) is 0 Å². The van der Waals surface area contributed by atoms with Gasteiger partial charge in [0.05, 0.1) is 0 Å². The quantitative estimate of drug-likeness (QED) is 0.555. The zero-order chi connectivity index (χ0) is 8.91. The second-order valence-electron chi connectivity index (χ2n) is 1.83. The minimum absolute atomic E-state index is 0.678. The van der Waals surface area contributed by atoms with E-state index in [-0.39, 0.29) is 0 Å². The molecule has 0 aromatic carbocycles. The largest absolute Gasteiger partial charge is 0.412 e. The maximum atomic E-state index is 11.7. The minimum Gasteiger partial charge on any atom is -0.265 e. The first kappa shape index (κ1) is 9.94. The van der Waals surface area contributed by atoms with Crippen molar-refractivity contribution in [2.45, 2.75) is 13.1 Å². The van der Waals surface area contributed by atoms with Crippen molar-refractivity contribution in [1.82, 2.24) is 0 Å². The molecular weight excluding hydrogens is 155 g/mol. The molecule has 0 saturated carbocycles. The Morgan fingerprint density at radius 3 is 2.36 bits per heavy atom. The zero-order valence-electron chi connectivity index (χ0n) is 6.02. The Labute approximate surface area is 62.9 Å². The van der Waals surface area contributed by atoms with Crippen molar-refractivity contribution >= 4 is 6.21 Å². The molecule has 0 heterocycles. The minimum atomic E-state index is -4.26. The van der Waals surface area contributed by atoms with Gasteiger partial charge in [-0.3, -0.25) is 4.99 Å². The number of allylic oxidation sites excluding steroid dienone is 2. The van der Waals surface area contributed by atoms with E-state index < -0.39 is 11.7 Å². The third kappa shape index (κ3) is 4.36. The summed E-state index contributed by atoms with van der Waals surface area (Å²) in [7, 11) is 0. The fourth-order valence-electron chi connectivity index (χ4n) is 0.310. The average Bonchev–Trinajstić information content (AvgIpc) is 1.86. The second-order valence-corrected chi connectivity index (χ2v) is 1.83. The predicted octanol–water partition coefficient (Wildman–Crippen LogP) is 2.71. The molecule has 0 N–H and O–H groups in total. The lowest BCUT2D eigenvalue weighted by Gasteiger charge is -2.03. The molecule has 0 spiro atoms. The topological polar surface area (TPSA) is 12.4 Å². The molecular formula is C7H8F3N. The highest BCUT2D eigenvalue weighted by Crippen LogP contribution is 2.23. The van der Waals surface area contributed by atoms with Gasteiger partial charge in [0.2, 0.25) is 0 Å². The van der Waals surface area contributed by atoms with E-state index in [2.05, 4.69) is 11.6 Å². The fourth-order valence-corrected chi connectivity index (χ4v) is 0.310. The van der Waals surface area contributed by atoms with Crippen LogP contribution in [0, 0.1) is 0 Å². The van der Waals surface area contributed by atoms with Gasteiger partial charge in [0, 0.05) is 18.0 Å². The van der Waals surface area contributed by atoms with Crippen LogP contribution in [-0.4, -0.2) is 12.4 Å². The average molecular weight is 163 g/mol. The number of alkyl halides is 3. The molecule has 4 heteroatoms. The number of halogens is 3. The maximum absolute atomic E-state index is 11.7. The smallest absolute Gasteiger partial charge is 0.265 e. The Balaban J connectivity index is 4.23. The van der Waals surface area contributed by atoms with Crippen LogP contribution < -0.4 is 0 Å². The van der Waals surface area contributed by atoms with Gasteiger partial charge in [-0.15, -0.1) is 0 Å². The van der Waals surface area contributed by atoms with Gasteiger partial charge in [0.1, 0.15) is 0 Å². The summed E-state index contributed by atoms with van der Waals surface area (Å²) in [5.41, 5.74) is -0.678. The molecule has 0 aliphatic rings. The molecule has 0 radical (unpaired) electrons. The van der Waals surface area contributed by atoms with Gasteiger partial charge in [-0.05, 0) is 13.0 Å². The monoisotopic (exact) mass is 163 g/mol. The fraction of sp³-hybridized carbons (Fsp3) is 0.286. The lowest BCUT2D eigenvalue weighted by molar-refractivity contribution is -0.0911. The second kappa shape index (κ2) is 3.95. The number of hydrogen-bond acceptors (Lipinski definition) is 1. The van der Waals surface area contributed by atoms with Crippen LogP contribution in [0.1, 0.15) is 6.92 Å². The summed E-state index contributed by atoms with van der Waals surface area (Å²) in [5.74, 6) is 0. The summed E-state index contributed by atoms with van der Waals surface area (Å²) < 4.78 is 35.2. The SMILES string of the molecule is C=CN=C/C=C(\C)C(F)(F)F. The van der Waals surface area contributed by atoms with Crippen LogP contribution in [-0.2, 0) is 0 Å². The Morgan fingerprint density at radius 2 is 2.00 bits per heavy atom. The molecule has 0 saturated heterocycles. The van der Waals surface area contributed by atoms with Crippen molar-refractivity contribution in [3.8, 4) is 0 Å². The molecule has 0 fully saturated rings. The Morgan fingerprint density at radius 1 is 1.45 bits per heavy atom. The number of rotatable bonds is 2. The van der Waals surface area contributed by atoms with Crippen LogP contribution >= 0.6 is 0 Å². The molecule has 1 nitrogen and oxygen atoms in total. The van der Waals surface area contributed by atoms with E-state index in [0.717, 1.165) is 19.2 Å². The van der Waals surface area contributed by atoms with Gasteiger partial charge in [0.15, 0.2) is 0 Å². The van der Waals surface area contributed by atoms with Crippen molar-refractivity contribution < 1.29 is 13.2 Å². The Bertz CT molecular complexity index is 188. The van der Waals surface area contributed by atoms with Gasteiger partial charge in [0.25, 0.3) is 0 Å². The van der Waals surface area contributed by atoms with Crippen LogP contribution in [0.4, 0.5) is 13.2 Å². The highest BCUT2D eigenvalue weighted by Gasteiger charge is 2.29. The highest BCUT2D eigenvalue weighted by atomic mass is 19.4. The molecule has 0 aliphatic carbocycles. The molecule has 11 heavy (non-hydrogen) atoms. The summed E-state index contributed by atoms with van der Waals surface area (Å²) in [4.78, 5) is 3.39. The van der Waals surface area contributed by atoms with Gasteiger partial charge in [-0.25, -0.2) is 0 Å². The van der Waals surface area contributed by atoms with Crippen LogP contribution in [0.3, 0.4) is 0 Å². The number of nitrogens with zero attached hydrogens (tertiary/aromatic N) is 1. The molecule has 0 atom stereocenters. The summed E-state index contributed by atoms with van der Waals surface area (Å²) >= 11 is 0. The summed E-state index contributed by atoms with van der Waals surface area (Å²) in [6.45, 7) is 4.19. The van der Waals surface area contributed by atoms with E-state index in [1.54, 1.807) is 0 Å². The zero-order valence-corrected chi connectivity index (χ0v) is 6.02. The maximum Gasteiger partial charge on any atom is 0.412 e. The van der Waals surface area contributed by atoms with Gasteiger partial charge in [-0.1, -0.05) is 6.58 Å². The van der Waals surface area contributed by atoms with E-state index in [1.165, 1.54) is 6.20 Å². The van der Waals surface area contributed by atoms with E-state index in [9.17, 15) is 13.2 Å². The predicted molar refractivity (Wildman–Crippen MR) is 38.5 cm³/mol. The van der Waals surface area contributed by atoms with Gasteiger partial charge in [-0.2, -0.15) is 13.2 Å². The first-order chi connectivity index (χ1) is 4.98. The summed E-state index contributed by atoms with van der Waals surface area (Å²) in [5, 5.41) is 0. The van der Waals surface area contributed by atoms with Crippen molar-refractivity contribution in [2.75, 3.05) is 0 Å². The Hall–Kier alpha value is -1.06. The number of hydrogen-bond donors (Lipinski definition) is 0. The third-order valence-electron chi connectivity index (χ3n) is 0.963. The normalized spacial score (nSPS) is 14.0. The lowest BCUT2D eigenvalue weighted by Crippen LogP contribution is -2.08. The van der Waals surface area contributed by atoms with Gasteiger partial charge >= 0.3 is 6.18 Å². The first-order valence-corrected chi connectivity index (χ1v) is 2.86. The van der Waals surface area contributed by atoms with Crippen molar-refractivity contribution in [3.05, 3.63) is 24.4 Å². The standard InChI is InChI=1S/C7H8F3N/c1-3-11-5-4-6(2)7(8,9)10/h3-5H,1H2,2H3/b6-4+,11-5?. The van der Waals surface area contributed by atoms with Crippen LogP contribution in [0.5, 0.6) is 0 Å². The van der Waals surface area contributed by atoms with Crippen molar-refractivity contribution in [1.29, 1.82) is 0 Å². The molecule has 0 bridgehead atoms. The van der Waals surface area contributed by atoms with E-state index in [0.29, 0.717) is 0 Å². The number of aliphatic imine (C=N–C) groups is 1. The third-order valence-corrected chi connectivity index (χ3v) is 0.963. The van der Waals surface area contributed by atoms with Crippen LogP contribution in [0.2, 0.25) is 0 Å². The summed E-state index contributed by atoms with van der Waals surface area (Å²) in [6, 6.07) is 0. The molecule has 0 rings (SSSR count). The molecule has 62 valence electrons. The van der Waals surface area contributed by atoms with Crippen LogP contribution in [0.25, 0.3) is 0 Å². The highest BCUT2D eigenvalue weighted by molar-refractivity contribution is 5.72.